The van der Waals surface area contributed by atoms with Crippen LogP contribution < -0.4 is 5.73 Å². The average molecular weight is 237 g/mol. The van der Waals surface area contributed by atoms with E-state index in [-0.39, 0.29) is 0 Å². The van der Waals surface area contributed by atoms with Crippen LogP contribution in [0.15, 0.2) is 54.9 Å². The zero-order valence-electron chi connectivity index (χ0n) is 10.1. The molecule has 2 heterocycles. The summed E-state index contributed by atoms with van der Waals surface area (Å²) >= 11 is 0. The van der Waals surface area contributed by atoms with Gasteiger partial charge in [0.05, 0.1) is 11.7 Å². The Bertz CT molecular complexity index is 653. The SMILES string of the molecule is Nc1ccc(CCc2ncc3ccccn23)cc1. The van der Waals surface area contributed by atoms with E-state index in [9.17, 15) is 0 Å². The summed E-state index contributed by atoms with van der Waals surface area (Å²) in [5.41, 5.74) is 8.92. The number of nitrogens with zero attached hydrogens (tertiary/aromatic N) is 2. The summed E-state index contributed by atoms with van der Waals surface area (Å²) in [5, 5.41) is 0. The fraction of sp³-hybridized carbons (Fsp3) is 0.133. The van der Waals surface area contributed by atoms with E-state index in [1.807, 2.05) is 30.5 Å². The summed E-state index contributed by atoms with van der Waals surface area (Å²) in [6.07, 6.45) is 5.88. The third-order valence-electron chi connectivity index (χ3n) is 3.13. The van der Waals surface area contributed by atoms with Crippen LogP contribution in [0, 0.1) is 0 Å². The van der Waals surface area contributed by atoms with E-state index in [2.05, 4.69) is 33.8 Å². The van der Waals surface area contributed by atoms with Crippen molar-refractivity contribution < 1.29 is 0 Å². The maximum atomic E-state index is 5.68. The molecule has 3 nitrogen and oxygen atoms in total. The predicted octanol–water partition coefficient (Wildman–Crippen LogP) is 2.70. The maximum Gasteiger partial charge on any atom is 0.113 e. The van der Waals surface area contributed by atoms with E-state index in [1.54, 1.807) is 0 Å². The lowest BCUT2D eigenvalue weighted by molar-refractivity contribution is 0.854. The van der Waals surface area contributed by atoms with Gasteiger partial charge in [0.1, 0.15) is 5.82 Å². The summed E-state index contributed by atoms with van der Waals surface area (Å²) < 4.78 is 2.14. The minimum Gasteiger partial charge on any atom is -0.399 e. The van der Waals surface area contributed by atoms with E-state index in [0.29, 0.717) is 0 Å². The van der Waals surface area contributed by atoms with Crippen molar-refractivity contribution in [3.63, 3.8) is 0 Å². The molecule has 18 heavy (non-hydrogen) atoms. The van der Waals surface area contributed by atoms with Gasteiger partial charge in [-0.1, -0.05) is 18.2 Å². The number of pyridine rings is 1. The zero-order chi connectivity index (χ0) is 12.4. The topological polar surface area (TPSA) is 43.3 Å². The normalized spacial score (nSPS) is 10.9. The monoisotopic (exact) mass is 237 g/mol. The Morgan fingerprint density at radius 2 is 1.83 bits per heavy atom. The maximum absolute atomic E-state index is 5.68. The number of fused-ring (bicyclic) bond motifs is 1. The van der Waals surface area contributed by atoms with Gasteiger partial charge in [-0.25, -0.2) is 4.98 Å². The fourth-order valence-corrected chi connectivity index (χ4v) is 2.12. The summed E-state index contributed by atoms with van der Waals surface area (Å²) in [4.78, 5) is 4.47. The molecule has 2 N–H and O–H groups in total. The van der Waals surface area contributed by atoms with Crippen LogP contribution in [0.5, 0.6) is 0 Å². The van der Waals surface area contributed by atoms with Crippen LogP contribution in [-0.4, -0.2) is 9.38 Å². The highest BCUT2D eigenvalue weighted by atomic mass is 15.0. The first kappa shape index (κ1) is 10.8. The molecule has 1 aromatic carbocycles. The van der Waals surface area contributed by atoms with Crippen molar-refractivity contribution in [3.05, 3.63) is 66.2 Å². The van der Waals surface area contributed by atoms with Crippen molar-refractivity contribution in [1.82, 2.24) is 9.38 Å². The van der Waals surface area contributed by atoms with Crippen molar-refractivity contribution in [1.29, 1.82) is 0 Å². The number of anilines is 1. The lowest BCUT2D eigenvalue weighted by Crippen LogP contribution is -1.98. The largest absolute Gasteiger partial charge is 0.399 e. The fourth-order valence-electron chi connectivity index (χ4n) is 2.12. The molecule has 3 aromatic rings. The van der Waals surface area contributed by atoms with Crippen molar-refractivity contribution in [2.24, 2.45) is 0 Å². The molecular weight excluding hydrogens is 222 g/mol. The first-order chi connectivity index (χ1) is 8.83. The average Bonchev–Trinajstić information content (AvgIpc) is 2.82. The van der Waals surface area contributed by atoms with Gasteiger partial charge in [-0.3, -0.25) is 0 Å². The lowest BCUT2D eigenvalue weighted by Gasteiger charge is -2.02. The Labute approximate surface area is 106 Å². The third-order valence-corrected chi connectivity index (χ3v) is 3.13. The van der Waals surface area contributed by atoms with Crippen LogP contribution in [-0.2, 0) is 12.8 Å². The molecule has 0 amide bonds. The highest BCUT2D eigenvalue weighted by molar-refractivity contribution is 5.45. The number of nitrogens with two attached hydrogens (primary N) is 1. The van der Waals surface area contributed by atoms with Crippen LogP contribution in [0.3, 0.4) is 0 Å². The molecule has 0 aliphatic rings. The highest BCUT2D eigenvalue weighted by Crippen LogP contribution is 2.11. The standard InChI is InChI=1S/C15H15N3/c16-13-7-4-12(5-8-13)6-9-15-17-11-14-3-1-2-10-18(14)15/h1-5,7-8,10-11H,6,9,16H2. The second kappa shape index (κ2) is 4.53. The first-order valence-corrected chi connectivity index (χ1v) is 6.08. The van der Waals surface area contributed by atoms with Crippen molar-refractivity contribution in [3.8, 4) is 0 Å². The Morgan fingerprint density at radius 1 is 1.00 bits per heavy atom. The molecule has 3 rings (SSSR count). The molecule has 0 fully saturated rings. The van der Waals surface area contributed by atoms with Crippen LogP contribution >= 0.6 is 0 Å². The third kappa shape index (κ3) is 2.07. The number of nitrogen functional groups attached to an aromatic ring is 1. The molecule has 0 aliphatic carbocycles. The molecule has 0 saturated carbocycles. The number of benzene rings is 1. The number of hydrogen-bond acceptors (Lipinski definition) is 2. The Morgan fingerprint density at radius 3 is 2.67 bits per heavy atom. The summed E-state index contributed by atoms with van der Waals surface area (Å²) in [6.45, 7) is 0. The van der Waals surface area contributed by atoms with Gasteiger partial charge in [0.2, 0.25) is 0 Å². The highest BCUT2D eigenvalue weighted by Gasteiger charge is 2.02. The zero-order valence-corrected chi connectivity index (χ0v) is 10.1. The van der Waals surface area contributed by atoms with Crippen LogP contribution in [0.25, 0.3) is 5.52 Å². The Kier molecular flexibility index (Phi) is 2.73. The smallest absolute Gasteiger partial charge is 0.113 e. The molecule has 0 unspecified atom stereocenters. The predicted molar refractivity (Wildman–Crippen MR) is 73.5 cm³/mol. The molecule has 0 bridgehead atoms. The van der Waals surface area contributed by atoms with E-state index in [1.165, 1.54) is 5.56 Å². The second-order valence-corrected chi connectivity index (χ2v) is 4.41. The van der Waals surface area contributed by atoms with E-state index in [0.717, 1.165) is 29.9 Å². The number of aryl methyl sites for hydroxylation is 2. The number of hydrogen-bond donors (Lipinski definition) is 1. The van der Waals surface area contributed by atoms with Gasteiger partial charge in [0, 0.05) is 18.3 Å². The Balaban J connectivity index is 1.79. The van der Waals surface area contributed by atoms with Gasteiger partial charge < -0.3 is 10.1 Å². The Hall–Kier alpha value is -2.29. The number of imidazole rings is 1. The summed E-state index contributed by atoms with van der Waals surface area (Å²) in [5.74, 6) is 1.10. The van der Waals surface area contributed by atoms with Gasteiger partial charge in [-0.05, 0) is 36.2 Å². The molecule has 0 aliphatic heterocycles. The van der Waals surface area contributed by atoms with Gasteiger partial charge >= 0.3 is 0 Å². The van der Waals surface area contributed by atoms with Gasteiger partial charge in [-0.2, -0.15) is 0 Å². The van der Waals surface area contributed by atoms with Crippen molar-refractivity contribution in [2.45, 2.75) is 12.8 Å². The molecular formula is C15H15N3. The molecule has 0 atom stereocenters. The van der Waals surface area contributed by atoms with E-state index in [4.69, 9.17) is 5.73 Å². The molecule has 3 heteroatoms. The minimum absolute atomic E-state index is 0.810. The van der Waals surface area contributed by atoms with Crippen LogP contribution in [0.1, 0.15) is 11.4 Å². The van der Waals surface area contributed by atoms with Gasteiger partial charge in [-0.15, -0.1) is 0 Å². The quantitative estimate of drug-likeness (QED) is 0.712. The van der Waals surface area contributed by atoms with E-state index < -0.39 is 0 Å². The van der Waals surface area contributed by atoms with Crippen molar-refractivity contribution >= 4 is 11.2 Å². The van der Waals surface area contributed by atoms with Gasteiger partial charge in [0.15, 0.2) is 0 Å². The van der Waals surface area contributed by atoms with Crippen LogP contribution in [0.2, 0.25) is 0 Å². The minimum atomic E-state index is 0.810. The summed E-state index contributed by atoms with van der Waals surface area (Å²) in [7, 11) is 0. The summed E-state index contributed by atoms with van der Waals surface area (Å²) in [6, 6.07) is 14.2. The first-order valence-electron chi connectivity index (χ1n) is 6.08. The molecule has 2 aromatic heterocycles. The molecule has 0 saturated heterocycles. The molecule has 0 radical (unpaired) electrons. The lowest BCUT2D eigenvalue weighted by atomic mass is 10.1. The molecule has 0 spiro atoms. The molecule has 90 valence electrons. The van der Waals surface area contributed by atoms with Gasteiger partial charge in [0.25, 0.3) is 0 Å². The van der Waals surface area contributed by atoms with E-state index >= 15 is 0 Å². The number of aromatic nitrogens is 2. The number of rotatable bonds is 3. The second-order valence-electron chi connectivity index (χ2n) is 4.41. The van der Waals surface area contributed by atoms with Crippen molar-refractivity contribution in [2.75, 3.05) is 5.73 Å². The van der Waals surface area contributed by atoms with Crippen LogP contribution in [0.4, 0.5) is 5.69 Å².